The van der Waals surface area contributed by atoms with Crippen LogP contribution in [-0.4, -0.2) is 57.5 Å². The van der Waals surface area contributed by atoms with Crippen LogP contribution in [0.3, 0.4) is 0 Å². The number of morpholine rings is 1. The number of aromatic nitrogens is 4. The fourth-order valence-electron chi connectivity index (χ4n) is 5.04. The van der Waals surface area contributed by atoms with E-state index in [0.717, 1.165) is 34.2 Å². The monoisotopic (exact) mass is 624 g/mol. The van der Waals surface area contributed by atoms with Gasteiger partial charge in [0, 0.05) is 41.0 Å². The molecule has 1 atom stereocenters. The highest BCUT2D eigenvalue weighted by molar-refractivity contribution is 9.10. The predicted octanol–water partition coefficient (Wildman–Crippen LogP) is 5.72. The standard InChI is InChI=1S/C29H27BrF2N6O3/c1-16-10-25(41-27-20(31)4-3-5-29(27,2)32)34-15-24(16)38-28(33)18(14-35-38)26(39)22-11-17-12-23(19(30)13-21(17)36-22)37-6-8-40-9-7-37/h3-4,10-15,36H,5-9,33H2,1-2H3. The van der Waals surface area contributed by atoms with Crippen molar-refractivity contribution < 1.29 is 23.0 Å². The van der Waals surface area contributed by atoms with Crippen LogP contribution in [0.4, 0.5) is 20.3 Å². The number of ether oxygens (including phenoxy) is 2. The molecule has 0 bridgehead atoms. The summed E-state index contributed by atoms with van der Waals surface area (Å²) in [6.45, 7) is 5.93. The molecule has 41 heavy (non-hydrogen) atoms. The van der Waals surface area contributed by atoms with Gasteiger partial charge in [-0.1, -0.05) is 6.08 Å². The van der Waals surface area contributed by atoms with Gasteiger partial charge in [-0.05, 0) is 59.6 Å². The zero-order valence-electron chi connectivity index (χ0n) is 22.4. The Morgan fingerprint density at radius 2 is 1.98 bits per heavy atom. The molecule has 4 heterocycles. The first-order valence-corrected chi connectivity index (χ1v) is 13.9. The number of hydrogen-bond acceptors (Lipinski definition) is 7. The SMILES string of the molecule is Cc1cc(OC2=C(F)C=CCC2(C)F)ncc1-n1ncc(C(=O)c2cc3cc(N4CCOCC4)c(Br)cc3[nH]2)c1N. The minimum Gasteiger partial charge on any atom is -0.437 e. The fourth-order valence-corrected chi connectivity index (χ4v) is 5.64. The second-order valence-corrected chi connectivity index (χ2v) is 11.1. The van der Waals surface area contributed by atoms with E-state index in [2.05, 4.69) is 35.9 Å². The molecule has 4 aromatic rings. The summed E-state index contributed by atoms with van der Waals surface area (Å²) in [4.78, 5) is 23.1. The average molecular weight is 625 g/mol. The van der Waals surface area contributed by atoms with Crippen molar-refractivity contribution >= 4 is 44.1 Å². The van der Waals surface area contributed by atoms with E-state index in [4.69, 9.17) is 15.2 Å². The summed E-state index contributed by atoms with van der Waals surface area (Å²) in [5.41, 5.74) is 7.97. The number of rotatable bonds is 6. The van der Waals surface area contributed by atoms with Gasteiger partial charge in [0.15, 0.2) is 17.3 Å². The number of nitrogens with zero attached hydrogens (tertiary/aromatic N) is 4. The largest absolute Gasteiger partial charge is 0.437 e. The second-order valence-electron chi connectivity index (χ2n) is 10.2. The number of carbonyl (C=O) groups excluding carboxylic acids is 1. The molecule has 3 N–H and O–H groups in total. The number of aryl methyl sites for hydroxylation is 1. The Labute approximate surface area is 242 Å². The molecule has 12 heteroatoms. The molecule has 1 unspecified atom stereocenters. The summed E-state index contributed by atoms with van der Waals surface area (Å²) in [7, 11) is 0. The number of benzene rings is 1. The van der Waals surface area contributed by atoms with E-state index >= 15 is 0 Å². The molecule has 0 amide bonds. The van der Waals surface area contributed by atoms with E-state index in [-0.39, 0.29) is 29.5 Å². The van der Waals surface area contributed by atoms with Gasteiger partial charge >= 0.3 is 0 Å². The molecule has 1 fully saturated rings. The fraction of sp³-hybridized carbons (Fsp3) is 0.276. The molecule has 2 aliphatic rings. The van der Waals surface area contributed by atoms with Crippen LogP contribution in [0, 0.1) is 6.92 Å². The van der Waals surface area contributed by atoms with Gasteiger partial charge in [-0.3, -0.25) is 4.79 Å². The zero-order valence-corrected chi connectivity index (χ0v) is 24.0. The molecule has 1 aliphatic carbocycles. The number of fused-ring (bicyclic) bond motifs is 1. The molecule has 9 nitrogen and oxygen atoms in total. The lowest BCUT2D eigenvalue weighted by Crippen LogP contribution is -2.36. The molecule has 3 aromatic heterocycles. The molecule has 0 saturated carbocycles. The number of aromatic amines is 1. The van der Waals surface area contributed by atoms with Crippen molar-refractivity contribution in [2.24, 2.45) is 0 Å². The lowest BCUT2D eigenvalue weighted by Gasteiger charge is -2.29. The smallest absolute Gasteiger partial charge is 0.219 e. The number of allylic oxidation sites excluding steroid dienone is 4. The van der Waals surface area contributed by atoms with Crippen LogP contribution < -0.4 is 15.4 Å². The highest BCUT2D eigenvalue weighted by Crippen LogP contribution is 2.36. The van der Waals surface area contributed by atoms with Crippen molar-refractivity contribution in [2.75, 3.05) is 36.9 Å². The summed E-state index contributed by atoms with van der Waals surface area (Å²) in [6, 6.07) is 7.34. The molecule has 0 spiro atoms. The first-order chi connectivity index (χ1) is 19.6. The number of nitrogens with one attached hydrogen (secondary N) is 1. The summed E-state index contributed by atoms with van der Waals surface area (Å²) in [6.07, 6.45) is 5.43. The number of nitrogen functional groups attached to an aromatic ring is 1. The minimum absolute atomic E-state index is 0.00384. The molecule has 1 saturated heterocycles. The van der Waals surface area contributed by atoms with Crippen LogP contribution in [0.2, 0.25) is 0 Å². The Morgan fingerprint density at radius 3 is 2.71 bits per heavy atom. The van der Waals surface area contributed by atoms with Crippen LogP contribution in [0.5, 0.6) is 5.88 Å². The third-order valence-corrected chi connectivity index (χ3v) is 7.92. The predicted molar refractivity (Wildman–Crippen MR) is 155 cm³/mol. The van der Waals surface area contributed by atoms with E-state index in [0.29, 0.717) is 30.2 Å². The maximum Gasteiger partial charge on any atom is 0.219 e. The Balaban J connectivity index is 1.26. The number of alkyl halides is 1. The van der Waals surface area contributed by atoms with Gasteiger partial charge in [0.2, 0.25) is 11.7 Å². The number of pyridine rings is 1. The van der Waals surface area contributed by atoms with E-state index < -0.39 is 17.3 Å². The van der Waals surface area contributed by atoms with Gasteiger partial charge < -0.3 is 25.1 Å². The quantitative estimate of drug-likeness (QED) is 0.264. The molecule has 1 aromatic carbocycles. The van der Waals surface area contributed by atoms with Gasteiger partial charge in [0.05, 0.1) is 48.2 Å². The van der Waals surface area contributed by atoms with Crippen LogP contribution >= 0.6 is 15.9 Å². The third-order valence-electron chi connectivity index (χ3n) is 7.28. The first kappa shape index (κ1) is 27.2. The summed E-state index contributed by atoms with van der Waals surface area (Å²) in [5, 5.41) is 5.22. The second kappa shape index (κ2) is 10.4. The number of carbonyl (C=O) groups is 1. The minimum atomic E-state index is -1.99. The average Bonchev–Trinajstić information content (AvgIpc) is 3.53. The molecule has 1 aliphatic heterocycles. The van der Waals surface area contributed by atoms with Crippen LogP contribution in [0.1, 0.15) is 35.0 Å². The van der Waals surface area contributed by atoms with Crippen molar-refractivity contribution in [1.29, 1.82) is 0 Å². The number of nitrogens with two attached hydrogens (primary N) is 1. The topological polar surface area (TPSA) is 111 Å². The Morgan fingerprint density at radius 1 is 1.20 bits per heavy atom. The Kier molecular flexibility index (Phi) is 6.90. The normalized spacial score (nSPS) is 19.3. The Hall–Kier alpha value is -4.03. The van der Waals surface area contributed by atoms with Crippen molar-refractivity contribution in [3.8, 4) is 11.6 Å². The molecule has 212 valence electrons. The van der Waals surface area contributed by atoms with Crippen molar-refractivity contribution in [2.45, 2.75) is 25.9 Å². The van der Waals surface area contributed by atoms with Crippen molar-refractivity contribution in [1.82, 2.24) is 19.7 Å². The number of ketones is 1. The van der Waals surface area contributed by atoms with Crippen molar-refractivity contribution in [3.05, 3.63) is 81.7 Å². The highest BCUT2D eigenvalue weighted by Gasteiger charge is 2.35. The summed E-state index contributed by atoms with van der Waals surface area (Å²) >= 11 is 3.65. The lowest BCUT2D eigenvalue weighted by molar-refractivity contribution is 0.103. The van der Waals surface area contributed by atoms with E-state index in [1.54, 1.807) is 13.0 Å². The number of H-pyrrole nitrogens is 1. The summed E-state index contributed by atoms with van der Waals surface area (Å²) < 4.78 is 42.4. The van der Waals surface area contributed by atoms with Crippen LogP contribution in [-0.2, 0) is 4.74 Å². The van der Waals surface area contributed by atoms with Gasteiger partial charge in [0.1, 0.15) is 5.82 Å². The summed E-state index contributed by atoms with van der Waals surface area (Å²) in [5.74, 6) is -1.36. The van der Waals surface area contributed by atoms with Gasteiger partial charge in [0.25, 0.3) is 0 Å². The maximum atomic E-state index is 14.8. The number of anilines is 2. The third kappa shape index (κ3) is 5.02. The molecule has 0 radical (unpaired) electrons. The van der Waals surface area contributed by atoms with Gasteiger partial charge in [-0.25, -0.2) is 18.4 Å². The Bertz CT molecular complexity index is 1740. The highest BCUT2D eigenvalue weighted by atomic mass is 79.9. The van der Waals surface area contributed by atoms with Crippen LogP contribution in [0.25, 0.3) is 16.6 Å². The van der Waals surface area contributed by atoms with E-state index in [9.17, 15) is 13.6 Å². The lowest BCUT2D eigenvalue weighted by atomic mass is 9.97. The van der Waals surface area contributed by atoms with Gasteiger partial charge in [-0.15, -0.1) is 0 Å². The number of halogens is 3. The van der Waals surface area contributed by atoms with Gasteiger partial charge in [-0.2, -0.15) is 5.10 Å². The van der Waals surface area contributed by atoms with E-state index in [1.165, 1.54) is 42.2 Å². The maximum absolute atomic E-state index is 14.8. The molecule has 6 rings (SSSR count). The zero-order chi connectivity index (χ0) is 28.9. The molecular formula is C29H27BrF2N6O3. The molecular weight excluding hydrogens is 598 g/mol. The van der Waals surface area contributed by atoms with Crippen LogP contribution in [0.15, 0.2) is 64.9 Å². The van der Waals surface area contributed by atoms with E-state index in [1.807, 2.05) is 12.1 Å². The van der Waals surface area contributed by atoms with Crippen molar-refractivity contribution in [3.63, 3.8) is 0 Å². The first-order valence-electron chi connectivity index (χ1n) is 13.1. The number of hydrogen-bond donors (Lipinski definition) is 2.